The lowest BCUT2D eigenvalue weighted by Crippen LogP contribution is -2.11. The van der Waals surface area contributed by atoms with Crippen LogP contribution in [0.5, 0.6) is 5.75 Å². The summed E-state index contributed by atoms with van der Waals surface area (Å²) in [5, 5.41) is 0. The molecule has 0 amide bonds. The van der Waals surface area contributed by atoms with Crippen molar-refractivity contribution < 1.29 is 14.3 Å². The van der Waals surface area contributed by atoms with Crippen LogP contribution in [0.4, 0.5) is 0 Å². The van der Waals surface area contributed by atoms with Gasteiger partial charge in [0.15, 0.2) is 0 Å². The summed E-state index contributed by atoms with van der Waals surface area (Å²) in [5.74, 6) is 0.780. The first kappa shape index (κ1) is 25.1. The van der Waals surface area contributed by atoms with Crippen molar-refractivity contribution in [1.82, 2.24) is 0 Å². The van der Waals surface area contributed by atoms with Gasteiger partial charge in [-0.05, 0) is 61.4 Å². The summed E-state index contributed by atoms with van der Waals surface area (Å²) < 4.78 is 11.8. The summed E-state index contributed by atoms with van der Waals surface area (Å²) in [6, 6.07) is 15.5. The number of benzene rings is 2. The van der Waals surface area contributed by atoms with Crippen LogP contribution >= 0.6 is 0 Å². The second-order valence-electron chi connectivity index (χ2n) is 8.37. The van der Waals surface area contributed by atoms with E-state index in [0.29, 0.717) is 17.2 Å². The fourth-order valence-electron chi connectivity index (χ4n) is 3.95. The number of carbonyl (C=O) groups is 1. The molecular weight excluding hydrogens is 384 g/mol. The summed E-state index contributed by atoms with van der Waals surface area (Å²) in [6.07, 6.45) is 9.44. The molecule has 2 aromatic rings. The first-order valence-electron chi connectivity index (χ1n) is 12.1. The average Bonchev–Trinajstić information content (AvgIpc) is 2.80. The van der Waals surface area contributed by atoms with Crippen LogP contribution < -0.4 is 4.74 Å². The zero-order valence-corrected chi connectivity index (χ0v) is 19.9. The minimum atomic E-state index is -0.310. The largest absolute Gasteiger partial charge is 0.423 e. The summed E-state index contributed by atoms with van der Waals surface area (Å²) >= 11 is 0. The predicted octanol–water partition coefficient (Wildman–Crippen LogP) is 8.25. The average molecular weight is 425 g/mol. The quantitative estimate of drug-likeness (QED) is 0.174. The third kappa shape index (κ3) is 8.14. The van der Waals surface area contributed by atoms with Gasteiger partial charge < -0.3 is 9.47 Å². The van der Waals surface area contributed by atoms with Crippen LogP contribution in [0, 0.1) is 0 Å². The summed E-state index contributed by atoms with van der Waals surface area (Å²) in [7, 11) is 0. The maximum absolute atomic E-state index is 12.8. The maximum Gasteiger partial charge on any atom is 0.343 e. The maximum atomic E-state index is 12.8. The van der Waals surface area contributed by atoms with Gasteiger partial charge in [-0.3, -0.25) is 0 Å². The standard InChI is InChI=1S/C28H40O3/c1-5-8-9-10-13-21-30-22(4)24-17-19-25(20-18-24)28(29)31-27-16-12-11-15-26(27)23(7-3)14-6-2/h11-12,15-20,22-23H,5-10,13-14,21H2,1-4H3. The summed E-state index contributed by atoms with van der Waals surface area (Å²) in [6.45, 7) is 9.45. The first-order valence-corrected chi connectivity index (χ1v) is 12.1. The number of para-hydroxylation sites is 1. The lowest BCUT2D eigenvalue weighted by atomic mass is 9.91. The van der Waals surface area contributed by atoms with Gasteiger partial charge in [0.25, 0.3) is 0 Å². The van der Waals surface area contributed by atoms with Crippen molar-refractivity contribution in [3.8, 4) is 5.75 Å². The Morgan fingerprint density at radius 3 is 2.26 bits per heavy atom. The van der Waals surface area contributed by atoms with Crippen LogP contribution in [0.15, 0.2) is 48.5 Å². The number of ether oxygens (including phenoxy) is 2. The molecule has 0 heterocycles. The summed E-state index contributed by atoms with van der Waals surface area (Å²) in [5.41, 5.74) is 2.77. The Hall–Kier alpha value is -2.13. The van der Waals surface area contributed by atoms with Gasteiger partial charge in [-0.1, -0.05) is 83.2 Å². The summed E-state index contributed by atoms with van der Waals surface area (Å²) in [4.78, 5) is 12.8. The van der Waals surface area contributed by atoms with E-state index in [-0.39, 0.29) is 12.1 Å². The van der Waals surface area contributed by atoms with E-state index in [4.69, 9.17) is 9.47 Å². The lowest BCUT2D eigenvalue weighted by Gasteiger charge is -2.18. The molecule has 0 saturated carbocycles. The lowest BCUT2D eigenvalue weighted by molar-refractivity contribution is 0.0626. The second-order valence-corrected chi connectivity index (χ2v) is 8.37. The van der Waals surface area contributed by atoms with Crippen LogP contribution in [-0.4, -0.2) is 12.6 Å². The Balaban J connectivity index is 1.94. The van der Waals surface area contributed by atoms with E-state index < -0.39 is 0 Å². The molecule has 31 heavy (non-hydrogen) atoms. The van der Waals surface area contributed by atoms with Gasteiger partial charge in [-0.25, -0.2) is 4.79 Å². The topological polar surface area (TPSA) is 35.5 Å². The molecule has 2 rings (SSSR count). The zero-order valence-electron chi connectivity index (χ0n) is 19.9. The third-order valence-electron chi connectivity index (χ3n) is 5.92. The molecule has 2 unspecified atom stereocenters. The first-order chi connectivity index (χ1) is 15.1. The van der Waals surface area contributed by atoms with Crippen LogP contribution in [0.3, 0.4) is 0 Å². The number of unbranched alkanes of at least 4 members (excludes halogenated alkanes) is 4. The monoisotopic (exact) mass is 424 g/mol. The predicted molar refractivity (Wildman–Crippen MR) is 129 cm³/mol. The van der Waals surface area contributed by atoms with Gasteiger partial charge in [0.2, 0.25) is 0 Å². The van der Waals surface area contributed by atoms with E-state index in [9.17, 15) is 4.79 Å². The van der Waals surface area contributed by atoms with Gasteiger partial charge in [-0.15, -0.1) is 0 Å². The molecule has 0 radical (unpaired) electrons. The van der Waals surface area contributed by atoms with Crippen LogP contribution in [0.2, 0.25) is 0 Å². The van der Waals surface area contributed by atoms with E-state index in [0.717, 1.165) is 43.4 Å². The van der Waals surface area contributed by atoms with Crippen molar-refractivity contribution in [1.29, 1.82) is 0 Å². The highest BCUT2D eigenvalue weighted by atomic mass is 16.5. The van der Waals surface area contributed by atoms with Crippen molar-refractivity contribution >= 4 is 5.97 Å². The Morgan fingerprint density at radius 1 is 0.871 bits per heavy atom. The van der Waals surface area contributed by atoms with E-state index >= 15 is 0 Å². The molecule has 0 aliphatic heterocycles. The molecule has 0 fully saturated rings. The van der Waals surface area contributed by atoms with Crippen molar-refractivity contribution in [2.75, 3.05) is 6.61 Å². The third-order valence-corrected chi connectivity index (χ3v) is 5.92. The zero-order chi connectivity index (χ0) is 22.5. The fourth-order valence-corrected chi connectivity index (χ4v) is 3.95. The molecule has 2 aromatic carbocycles. The van der Waals surface area contributed by atoms with Crippen LogP contribution in [-0.2, 0) is 4.74 Å². The van der Waals surface area contributed by atoms with Gasteiger partial charge in [0.05, 0.1) is 11.7 Å². The fraction of sp³-hybridized carbons (Fsp3) is 0.536. The molecule has 0 saturated heterocycles. The van der Waals surface area contributed by atoms with Crippen molar-refractivity contribution in [3.63, 3.8) is 0 Å². The Labute approximate surface area is 189 Å². The van der Waals surface area contributed by atoms with Crippen molar-refractivity contribution in [2.24, 2.45) is 0 Å². The van der Waals surface area contributed by atoms with E-state index in [2.05, 4.69) is 33.8 Å². The molecule has 170 valence electrons. The number of rotatable bonds is 14. The molecular formula is C28H40O3. The molecule has 0 aliphatic rings. The van der Waals surface area contributed by atoms with Gasteiger partial charge >= 0.3 is 5.97 Å². The SMILES string of the molecule is CCCCCCCOC(C)c1ccc(C(=O)Oc2ccccc2C(CC)CCC)cc1. The number of hydrogen-bond acceptors (Lipinski definition) is 3. The molecule has 0 N–H and O–H groups in total. The molecule has 0 aliphatic carbocycles. The molecule has 0 bridgehead atoms. The minimum Gasteiger partial charge on any atom is -0.423 e. The second kappa shape index (κ2) is 14.0. The number of carbonyl (C=O) groups excluding carboxylic acids is 1. The highest BCUT2D eigenvalue weighted by Crippen LogP contribution is 2.32. The van der Waals surface area contributed by atoms with E-state index in [1.807, 2.05) is 42.5 Å². The van der Waals surface area contributed by atoms with E-state index in [1.165, 1.54) is 25.7 Å². The van der Waals surface area contributed by atoms with Crippen molar-refractivity contribution in [2.45, 2.75) is 91.1 Å². The smallest absolute Gasteiger partial charge is 0.343 e. The Kier molecular flexibility index (Phi) is 11.4. The van der Waals surface area contributed by atoms with Crippen LogP contribution in [0.25, 0.3) is 0 Å². The van der Waals surface area contributed by atoms with Crippen molar-refractivity contribution in [3.05, 3.63) is 65.2 Å². The molecule has 2 atom stereocenters. The Morgan fingerprint density at radius 2 is 1.58 bits per heavy atom. The van der Waals surface area contributed by atoms with Gasteiger partial charge in [0, 0.05) is 6.61 Å². The molecule has 0 aromatic heterocycles. The molecule has 0 spiro atoms. The van der Waals surface area contributed by atoms with Gasteiger partial charge in [-0.2, -0.15) is 0 Å². The molecule has 3 heteroatoms. The number of esters is 1. The van der Waals surface area contributed by atoms with Gasteiger partial charge in [0.1, 0.15) is 5.75 Å². The van der Waals surface area contributed by atoms with Crippen LogP contribution in [0.1, 0.15) is 113 Å². The minimum absolute atomic E-state index is 0.0244. The van der Waals surface area contributed by atoms with E-state index in [1.54, 1.807) is 0 Å². The highest BCUT2D eigenvalue weighted by Gasteiger charge is 2.17. The highest BCUT2D eigenvalue weighted by molar-refractivity contribution is 5.91. The normalized spacial score (nSPS) is 13.0. The Bertz CT molecular complexity index is 766. The number of hydrogen-bond donors (Lipinski definition) is 0. The molecule has 3 nitrogen and oxygen atoms in total.